The van der Waals surface area contributed by atoms with Gasteiger partial charge in [0.25, 0.3) is 0 Å². The number of hydrogen-bond acceptors (Lipinski definition) is 3. The molecule has 1 atom stereocenters. The minimum Gasteiger partial charge on any atom is -0.379 e. The third-order valence-electron chi connectivity index (χ3n) is 5.85. The topological polar surface area (TPSA) is 35.0 Å². The van der Waals surface area contributed by atoms with Crippen molar-refractivity contribution in [3.8, 4) is 11.3 Å². The van der Waals surface area contributed by atoms with E-state index in [1.54, 1.807) is 6.20 Å². The number of ether oxygens (including phenoxy) is 1. The van der Waals surface area contributed by atoms with Gasteiger partial charge in [-0.25, -0.2) is 0 Å². The van der Waals surface area contributed by atoms with E-state index in [4.69, 9.17) is 4.74 Å². The first-order valence-electron chi connectivity index (χ1n) is 12.3. The summed E-state index contributed by atoms with van der Waals surface area (Å²) < 4.78 is 5.68. The van der Waals surface area contributed by atoms with Crippen molar-refractivity contribution in [3.63, 3.8) is 0 Å². The van der Waals surface area contributed by atoms with Gasteiger partial charge in [-0.05, 0) is 75.3 Å². The van der Waals surface area contributed by atoms with Gasteiger partial charge in [-0.1, -0.05) is 64.0 Å². The molecule has 2 rings (SSSR count). The van der Waals surface area contributed by atoms with Crippen LogP contribution in [0.15, 0.2) is 36.5 Å². The summed E-state index contributed by atoms with van der Waals surface area (Å²) in [5.74, 6) is 0. The van der Waals surface area contributed by atoms with Gasteiger partial charge in [-0.15, -0.1) is 0 Å². The Morgan fingerprint density at radius 2 is 1.63 bits per heavy atom. The molecule has 2 aromatic rings. The lowest BCUT2D eigenvalue weighted by molar-refractivity contribution is 0.0690. The molecule has 0 bridgehead atoms. The normalized spacial score (nSPS) is 12.2. The van der Waals surface area contributed by atoms with Crippen LogP contribution in [0, 0.1) is 0 Å². The van der Waals surface area contributed by atoms with Crippen LogP contribution >= 0.6 is 0 Å². The number of aromatic nitrogens is 2. The van der Waals surface area contributed by atoms with Gasteiger partial charge in [0.05, 0.1) is 11.8 Å². The molecule has 0 amide bonds. The monoisotopic (exact) mass is 410 g/mol. The molecular formula is C27H42N2O. The highest BCUT2D eigenvalue weighted by Crippen LogP contribution is 2.26. The summed E-state index contributed by atoms with van der Waals surface area (Å²) in [6, 6.07) is 11.0. The number of aryl methyl sites for hydroxylation is 2. The molecule has 166 valence electrons. The van der Waals surface area contributed by atoms with E-state index in [0.717, 1.165) is 38.0 Å². The number of benzene rings is 1. The molecule has 0 aliphatic heterocycles. The van der Waals surface area contributed by atoms with Gasteiger partial charge >= 0.3 is 0 Å². The average Bonchev–Trinajstić information content (AvgIpc) is 2.77. The second kappa shape index (κ2) is 15.1. The van der Waals surface area contributed by atoms with Crippen LogP contribution in [0.4, 0.5) is 0 Å². The second-order valence-electron chi connectivity index (χ2n) is 8.48. The van der Waals surface area contributed by atoms with Crippen molar-refractivity contribution in [2.75, 3.05) is 6.61 Å². The van der Waals surface area contributed by atoms with Crippen molar-refractivity contribution in [2.24, 2.45) is 0 Å². The summed E-state index contributed by atoms with van der Waals surface area (Å²) >= 11 is 0. The van der Waals surface area contributed by atoms with Crippen LogP contribution in [0.25, 0.3) is 11.3 Å². The van der Waals surface area contributed by atoms with Gasteiger partial charge in [0, 0.05) is 18.4 Å². The minimum atomic E-state index is 0.330. The molecule has 1 heterocycles. The van der Waals surface area contributed by atoms with Crippen LogP contribution < -0.4 is 0 Å². The van der Waals surface area contributed by atoms with Gasteiger partial charge < -0.3 is 4.74 Å². The Balaban J connectivity index is 1.90. The first-order chi connectivity index (χ1) is 14.7. The van der Waals surface area contributed by atoms with Crippen molar-refractivity contribution < 1.29 is 4.74 Å². The Morgan fingerprint density at radius 3 is 2.33 bits per heavy atom. The molecule has 0 fully saturated rings. The molecule has 0 radical (unpaired) electrons. The fourth-order valence-corrected chi connectivity index (χ4v) is 4.09. The standard InChI is InChI=1S/C27H42N2O/c1-4-6-7-8-9-10-11-12-16-24-19-20-25(17-13-15-23(3)30-5-2)26(22-24)27-18-14-21-28-29-27/h14,18-23H,4-13,15-17H2,1-3H3. The fraction of sp³-hybridized carbons (Fsp3) is 0.630. The number of hydrogen-bond donors (Lipinski definition) is 0. The van der Waals surface area contributed by atoms with Crippen LogP contribution in [0.5, 0.6) is 0 Å². The maximum atomic E-state index is 5.68. The van der Waals surface area contributed by atoms with Gasteiger partial charge in [0.2, 0.25) is 0 Å². The smallest absolute Gasteiger partial charge is 0.0932 e. The number of rotatable bonds is 16. The minimum absolute atomic E-state index is 0.330. The zero-order chi connectivity index (χ0) is 21.4. The SMILES string of the molecule is CCCCCCCCCCc1ccc(CCCC(C)OCC)c(-c2cccnn2)c1. The number of nitrogens with zero attached hydrogens (tertiary/aromatic N) is 2. The maximum absolute atomic E-state index is 5.68. The third kappa shape index (κ3) is 9.38. The molecule has 0 spiro atoms. The van der Waals surface area contributed by atoms with E-state index in [1.165, 1.54) is 68.1 Å². The quantitative estimate of drug-likeness (QED) is 0.268. The van der Waals surface area contributed by atoms with Crippen LogP contribution in [-0.2, 0) is 17.6 Å². The molecule has 0 N–H and O–H groups in total. The van der Waals surface area contributed by atoms with E-state index in [9.17, 15) is 0 Å². The summed E-state index contributed by atoms with van der Waals surface area (Å²) in [5, 5.41) is 8.51. The molecule has 1 aromatic carbocycles. The zero-order valence-corrected chi connectivity index (χ0v) is 19.5. The molecule has 1 unspecified atom stereocenters. The van der Waals surface area contributed by atoms with E-state index >= 15 is 0 Å². The lowest BCUT2D eigenvalue weighted by Gasteiger charge is -2.14. The van der Waals surface area contributed by atoms with E-state index < -0.39 is 0 Å². The highest BCUT2D eigenvalue weighted by Gasteiger charge is 2.10. The predicted molar refractivity (Wildman–Crippen MR) is 128 cm³/mol. The van der Waals surface area contributed by atoms with Crippen molar-refractivity contribution in [2.45, 2.75) is 104 Å². The Bertz CT molecular complexity index is 687. The van der Waals surface area contributed by atoms with E-state index in [-0.39, 0.29) is 0 Å². The molecule has 0 aliphatic rings. The van der Waals surface area contributed by atoms with Gasteiger partial charge in [0.1, 0.15) is 0 Å². The van der Waals surface area contributed by atoms with Crippen LogP contribution in [0.1, 0.15) is 96.1 Å². The van der Waals surface area contributed by atoms with Crippen molar-refractivity contribution in [1.82, 2.24) is 10.2 Å². The van der Waals surface area contributed by atoms with Crippen LogP contribution in [-0.4, -0.2) is 22.9 Å². The molecule has 0 saturated heterocycles. The zero-order valence-electron chi connectivity index (χ0n) is 19.5. The third-order valence-corrected chi connectivity index (χ3v) is 5.85. The van der Waals surface area contributed by atoms with Crippen molar-refractivity contribution >= 4 is 0 Å². The molecule has 0 aliphatic carbocycles. The molecule has 1 aromatic heterocycles. The largest absolute Gasteiger partial charge is 0.379 e. The predicted octanol–water partition coefficient (Wildman–Crippen LogP) is 7.57. The Morgan fingerprint density at radius 1 is 0.867 bits per heavy atom. The summed E-state index contributed by atoms with van der Waals surface area (Å²) in [7, 11) is 0. The Labute approximate surface area is 184 Å². The molecule has 30 heavy (non-hydrogen) atoms. The summed E-state index contributed by atoms with van der Waals surface area (Å²) in [6.45, 7) is 7.30. The lowest BCUT2D eigenvalue weighted by atomic mass is 9.94. The van der Waals surface area contributed by atoms with E-state index in [0.29, 0.717) is 6.10 Å². The summed E-state index contributed by atoms with van der Waals surface area (Å²) in [6.07, 6.45) is 17.4. The average molecular weight is 411 g/mol. The molecule has 0 saturated carbocycles. The highest BCUT2D eigenvalue weighted by atomic mass is 16.5. The van der Waals surface area contributed by atoms with Crippen LogP contribution in [0.3, 0.4) is 0 Å². The summed E-state index contributed by atoms with van der Waals surface area (Å²) in [5.41, 5.74) is 5.04. The Hall–Kier alpha value is -1.74. The molecular weight excluding hydrogens is 368 g/mol. The fourth-order valence-electron chi connectivity index (χ4n) is 4.09. The van der Waals surface area contributed by atoms with E-state index in [2.05, 4.69) is 55.2 Å². The van der Waals surface area contributed by atoms with Gasteiger partial charge in [-0.2, -0.15) is 10.2 Å². The van der Waals surface area contributed by atoms with Crippen molar-refractivity contribution in [3.05, 3.63) is 47.7 Å². The molecule has 3 nitrogen and oxygen atoms in total. The highest BCUT2D eigenvalue weighted by molar-refractivity contribution is 5.64. The Kier molecular flexibility index (Phi) is 12.4. The second-order valence-corrected chi connectivity index (χ2v) is 8.48. The first-order valence-corrected chi connectivity index (χ1v) is 12.3. The van der Waals surface area contributed by atoms with Crippen molar-refractivity contribution in [1.29, 1.82) is 0 Å². The van der Waals surface area contributed by atoms with Gasteiger partial charge in [-0.3, -0.25) is 0 Å². The van der Waals surface area contributed by atoms with Crippen LogP contribution in [0.2, 0.25) is 0 Å². The number of unbranched alkanes of at least 4 members (excludes halogenated alkanes) is 7. The summed E-state index contributed by atoms with van der Waals surface area (Å²) in [4.78, 5) is 0. The van der Waals surface area contributed by atoms with Gasteiger partial charge in [0.15, 0.2) is 0 Å². The van der Waals surface area contributed by atoms with E-state index in [1.807, 2.05) is 6.07 Å². The lowest BCUT2D eigenvalue weighted by Crippen LogP contribution is -2.08. The maximum Gasteiger partial charge on any atom is 0.0932 e. The molecule has 3 heteroatoms. The first kappa shape index (κ1) is 24.5.